The number of hydrogen-bond acceptors (Lipinski definition) is 4. The lowest BCUT2D eigenvalue weighted by molar-refractivity contribution is 0.0985. The topological polar surface area (TPSA) is 33.2 Å². The van der Waals surface area contributed by atoms with Crippen LogP contribution in [0.4, 0.5) is 5.13 Å². The summed E-state index contributed by atoms with van der Waals surface area (Å²) in [4.78, 5) is 19.6. The van der Waals surface area contributed by atoms with Crippen molar-refractivity contribution in [2.24, 2.45) is 0 Å². The third kappa shape index (κ3) is 4.05. The zero-order valence-corrected chi connectivity index (χ0v) is 18.4. The minimum absolute atomic E-state index is 0.217. The molecule has 1 amide bonds. The Labute approximate surface area is 182 Å². The van der Waals surface area contributed by atoms with E-state index in [9.17, 15) is 4.79 Å². The third-order valence-electron chi connectivity index (χ3n) is 3.89. The summed E-state index contributed by atoms with van der Waals surface area (Å²) in [6.07, 6.45) is 0. The standard InChI is InChI=1S/C19H11BrCl2N2OS2/c20-12-6-7-14-15(8-12)26-19(23-14)24(10-11-4-2-1-3-5-11)18(25)13-9-16(21)27-17(13)22/h1-9H,10H2. The Kier molecular flexibility index (Phi) is 5.53. The molecule has 0 unspecified atom stereocenters. The second-order valence-electron chi connectivity index (χ2n) is 5.72. The lowest BCUT2D eigenvalue weighted by Gasteiger charge is -2.19. The Morgan fingerprint density at radius 2 is 1.85 bits per heavy atom. The molecule has 0 N–H and O–H groups in total. The van der Waals surface area contributed by atoms with Crippen LogP contribution in [0, 0.1) is 0 Å². The largest absolute Gasteiger partial charge is 0.279 e. The van der Waals surface area contributed by atoms with Crippen LogP contribution < -0.4 is 4.90 Å². The predicted molar refractivity (Wildman–Crippen MR) is 119 cm³/mol. The van der Waals surface area contributed by atoms with Gasteiger partial charge in [0, 0.05) is 4.47 Å². The molecule has 0 spiro atoms. The molecule has 0 aliphatic heterocycles. The highest BCUT2D eigenvalue weighted by Crippen LogP contribution is 2.36. The molecule has 0 atom stereocenters. The van der Waals surface area contributed by atoms with Crippen LogP contribution in [-0.2, 0) is 6.54 Å². The van der Waals surface area contributed by atoms with E-state index in [1.807, 2.05) is 48.5 Å². The van der Waals surface area contributed by atoms with E-state index >= 15 is 0 Å². The molecule has 0 saturated heterocycles. The molecule has 0 saturated carbocycles. The molecule has 8 heteroatoms. The maximum absolute atomic E-state index is 13.3. The number of fused-ring (bicyclic) bond motifs is 1. The fraction of sp³-hybridized carbons (Fsp3) is 0.0526. The summed E-state index contributed by atoms with van der Waals surface area (Å²) in [5.74, 6) is -0.217. The second-order valence-corrected chi connectivity index (χ2v) is 9.93. The minimum atomic E-state index is -0.217. The van der Waals surface area contributed by atoms with Crippen LogP contribution >= 0.6 is 61.8 Å². The fourth-order valence-electron chi connectivity index (χ4n) is 2.63. The molecule has 136 valence electrons. The summed E-state index contributed by atoms with van der Waals surface area (Å²) < 4.78 is 2.83. The van der Waals surface area contributed by atoms with Gasteiger partial charge in [-0.2, -0.15) is 0 Å². The average Bonchev–Trinajstić information content (AvgIpc) is 3.22. The third-order valence-corrected chi connectivity index (χ3v) is 6.91. The number of carbonyl (C=O) groups excluding carboxylic acids is 1. The molecule has 2 heterocycles. The summed E-state index contributed by atoms with van der Waals surface area (Å²) in [7, 11) is 0. The number of halogens is 3. The van der Waals surface area contributed by atoms with Gasteiger partial charge in [0.2, 0.25) is 0 Å². The highest BCUT2D eigenvalue weighted by Gasteiger charge is 2.25. The van der Waals surface area contributed by atoms with Crippen LogP contribution in [0.1, 0.15) is 15.9 Å². The van der Waals surface area contributed by atoms with Gasteiger partial charge in [0.15, 0.2) is 5.13 Å². The van der Waals surface area contributed by atoms with Crippen molar-refractivity contribution in [1.82, 2.24) is 4.98 Å². The first-order valence-electron chi connectivity index (χ1n) is 7.88. The molecule has 2 aromatic heterocycles. The molecule has 27 heavy (non-hydrogen) atoms. The number of nitrogens with zero attached hydrogens (tertiary/aromatic N) is 2. The van der Waals surface area contributed by atoms with Gasteiger partial charge in [0.1, 0.15) is 4.34 Å². The maximum atomic E-state index is 13.3. The van der Waals surface area contributed by atoms with Crippen LogP contribution in [0.3, 0.4) is 0 Å². The number of carbonyl (C=O) groups is 1. The summed E-state index contributed by atoms with van der Waals surface area (Å²) in [6.45, 7) is 0.393. The minimum Gasteiger partial charge on any atom is -0.279 e. The van der Waals surface area contributed by atoms with Crippen molar-refractivity contribution in [3.05, 3.63) is 78.9 Å². The maximum Gasteiger partial charge on any atom is 0.262 e. The van der Waals surface area contributed by atoms with Gasteiger partial charge in [-0.05, 0) is 29.8 Å². The summed E-state index contributed by atoms with van der Waals surface area (Å²) >= 11 is 18.4. The van der Waals surface area contributed by atoms with Gasteiger partial charge < -0.3 is 0 Å². The highest BCUT2D eigenvalue weighted by atomic mass is 79.9. The molecule has 4 aromatic rings. The first kappa shape index (κ1) is 18.9. The van der Waals surface area contributed by atoms with E-state index in [4.69, 9.17) is 23.2 Å². The zero-order valence-electron chi connectivity index (χ0n) is 13.7. The summed E-state index contributed by atoms with van der Waals surface area (Å²) in [5, 5.41) is 0.621. The molecular weight excluding hydrogens is 487 g/mol. The van der Waals surface area contributed by atoms with Crippen molar-refractivity contribution < 1.29 is 4.79 Å². The quantitative estimate of drug-likeness (QED) is 0.297. The zero-order chi connectivity index (χ0) is 19.0. The number of thiazole rings is 1. The van der Waals surface area contributed by atoms with Crippen molar-refractivity contribution in [2.75, 3.05) is 4.90 Å². The fourth-order valence-corrected chi connectivity index (χ4v) is 5.59. The van der Waals surface area contributed by atoms with Gasteiger partial charge in [-0.15, -0.1) is 11.3 Å². The van der Waals surface area contributed by atoms with Gasteiger partial charge >= 0.3 is 0 Å². The van der Waals surface area contributed by atoms with E-state index in [1.54, 1.807) is 11.0 Å². The average molecular weight is 498 g/mol. The van der Waals surface area contributed by atoms with Gasteiger partial charge in [-0.1, -0.05) is 80.8 Å². The van der Waals surface area contributed by atoms with Gasteiger partial charge in [0.05, 0.1) is 26.7 Å². The Bertz CT molecular complexity index is 1130. The number of rotatable bonds is 4. The number of thiophene rings is 1. The van der Waals surface area contributed by atoms with E-state index in [0.717, 1.165) is 20.3 Å². The highest BCUT2D eigenvalue weighted by molar-refractivity contribution is 9.10. The molecule has 0 fully saturated rings. The molecule has 3 nitrogen and oxygen atoms in total. The number of hydrogen-bond donors (Lipinski definition) is 0. The number of anilines is 1. The van der Waals surface area contributed by atoms with E-state index in [1.165, 1.54) is 22.7 Å². The Hall–Kier alpha value is -1.44. The Balaban J connectivity index is 1.79. The van der Waals surface area contributed by atoms with Crippen molar-refractivity contribution in [3.63, 3.8) is 0 Å². The van der Waals surface area contributed by atoms with Crippen molar-refractivity contribution >= 4 is 83.1 Å². The number of amides is 1. The van der Waals surface area contributed by atoms with Crippen LogP contribution in [-0.4, -0.2) is 10.9 Å². The van der Waals surface area contributed by atoms with Crippen molar-refractivity contribution in [3.8, 4) is 0 Å². The molecule has 0 bridgehead atoms. The van der Waals surface area contributed by atoms with Crippen LogP contribution in [0.2, 0.25) is 8.67 Å². The second kappa shape index (κ2) is 7.89. The number of aromatic nitrogens is 1. The summed E-state index contributed by atoms with van der Waals surface area (Å²) in [6, 6.07) is 17.3. The molecular formula is C19H11BrCl2N2OS2. The van der Waals surface area contributed by atoms with Crippen LogP contribution in [0.25, 0.3) is 10.2 Å². The molecule has 0 aliphatic rings. The molecule has 0 aliphatic carbocycles. The number of benzene rings is 2. The van der Waals surface area contributed by atoms with E-state index in [2.05, 4.69) is 20.9 Å². The predicted octanol–water partition coefficient (Wildman–Crippen LogP) is 7.27. The first-order chi connectivity index (χ1) is 13.0. The molecule has 0 radical (unpaired) electrons. The van der Waals surface area contributed by atoms with Crippen LogP contribution in [0.15, 0.2) is 59.1 Å². The Morgan fingerprint density at radius 3 is 2.56 bits per heavy atom. The monoisotopic (exact) mass is 496 g/mol. The lowest BCUT2D eigenvalue weighted by atomic mass is 10.2. The smallest absolute Gasteiger partial charge is 0.262 e. The summed E-state index contributed by atoms with van der Waals surface area (Å²) in [5.41, 5.74) is 2.24. The van der Waals surface area contributed by atoms with Crippen molar-refractivity contribution in [2.45, 2.75) is 6.54 Å². The molecule has 2 aromatic carbocycles. The lowest BCUT2D eigenvalue weighted by Crippen LogP contribution is -2.30. The SMILES string of the molecule is O=C(c1cc(Cl)sc1Cl)N(Cc1ccccc1)c1nc2ccc(Br)cc2s1. The van der Waals surface area contributed by atoms with E-state index in [-0.39, 0.29) is 5.91 Å². The van der Waals surface area contributed by atoms with Gasteiger partial charge in [-0.3, -0.25) is 9.69 Å². The normalized spacial score (nSPS) is 11.1. The van der Waals surface area contributed by atoms with Crippen molar-refractivity contribution in [1.29, 1.82) is 0 Å². The molecule has 4 rings (SSSR count). The first-order valence-corrected chi connectivity index (χ1v) is 11.1. The Morgan fingerprint density at radius 1 is 1.07 bits per heavy atom. The van der Waals surface area contributed by atoms with E-state index in [0.29, 0.717) is 25.9 Å². The van der Waals surface area contributed by atoms with Crippen LogP contribution in [0.5, 0.6) is 0 Å². The van der Waals surface area contributed by atoms with Gasteiger partial charge in [-0.25, -0.2) is 4.98 Å². The van der Waals surface area contributed by atoms with Gasteiger partial charge in [0.25, 0.3) is 5.91 Å². The van der Waals surface area contributed by atoms with E-state index < -0.39 is 0 Å².